The molecule has 0 unspecified atom stereocenters. The number of hydrogen-bond donors (Lipinski definition) is 0. The van der Waals surface area contributed by atoms with Gasteiger partial charge >= 0.3 is 120 Å². The molecule has 7 aromatic rings. The zero-order chi connectivity index (χ0) is 38.1. The van der Waals surface area contributed by atoms with Crippen molar-refractivity contribution in [3.63, 3.8) is 0 Å². The summed E-state index contributed by atoms with van der Waals surface area (Å²) >= 11 is 13.1. The van der Waals surface area contributed by atoms with Crippen LogP contribution in [0.1, 0.15) is 73.9 Å². The largest absolute Gasteiger partial charge is 1.00 e. The maximum absolute atomic E-state index is 5.86. The standard InChI is InChI=1S/C25H17.C13H8Cl2.C13H21.2ClH.Zr/c1-3-7-18(8-4-1)20-11-13-24-22(15-20)17-23-16-21(12-14-25(23)24)19-9-5-2-6-10-19;14-12-5-1-10(2-6-12)9-11-3-7-13(15)8-4-11;1-5-6-7-11-8-9-12(10-11)13(2,3)4;;;/h1-15H,17H2;1-8H;8-10H,5-7H2,1-4H3;2*1H;/q-1;;-1;;;+2/p-2. The topological polar surface area (TPSA) is 0 Å². The average molecular weight is 892 g/mol. The molecule has 7 aromatic carbocycles. The van der Waals surface area contributed by atoms with Gasteiger partial charge in [0.05, 0.1) is 0 Å². The second-order valence-electron chi connectivity index (χ2n) is 14.8. The number of rotatable bonds is 7. The maximum atomic E-state index is 5.86. The van der Waals surface area contributed by atoms with Crippen molar-refractivity contribution in [2.75, 3.05) is 0 Å². The summed E-state index contributed by atoms with van der Waals surface area (Å²) in [6.45, 7) is 9.05. The van der Waals surface area contributed by atoms with E-state index >= 15 is 0 Å². The zero-order valence-electron chi connectivity index (χ0n) is 32.4. The van der Waals surface area contributed by atoms with Gasteiger partial charge in [0.25, 0.3) is 0 Å². The van der Waals surface area contributed by atoms with Crippen LogP contribution in [0.5, 0.6) is 0 Å². The van der Waals surface area contributed by atoms with Crippen molar-refractivity contribution >= 4 is 26.4 Å². The second kappa shape index (κ2) is 21.4. The Bertz CT molecular complexity index is 2150. The van der Waals surface area contributed by atoms with E-state index in [2.05, 4.69) is 143 Å². The van der Waals surface area contributed by atoms with Crippen LogP contribution in [-0.2, 0) is 42.5 Å². The monoisotopic (exact) mass is 888 g/mol. The molecule has 0 saturated carbocycles. The van der Waals surface area contributed by atoms with Gasteiger partial charge in [-0.15, -0.1) is 29.3 Å². The number of hydrogen-bond acceptors (Lipinski definition) is 0. The number of unbranched alkanes of at least 4 members (excludes halogenated alkanes) is 1. The summed E-state index contributed by atoms with van der Waals surface area (Å²) in [5.41, 5.74) is 16.1. The van der Waals surface area contributed by atoms with Gasteiger partial charge < -0.3 is 24.8 Å². The first kappa shape index (κ1) is 45.3. The minimum absolute atomic E-state index is 0. The molecule has 0 heterocycles. The molecular formula is C51H46Cl4Zr-2. The van der Waals surface area contributed by atoms with Gasteiger partial charge in [-0.05, 0) is 23.1 Å². The van der Waals surface area contributed by atoms with Gasteiger partial charge in [0.2, 0.25) is 0 Å². The van der Waals surface area contributed by atoms with Gasteiger partial charge in [-0.3, -0.25) is 0 Å². The van der Waals surface area contributed by atoms with Crippen molar-refractivity contribution in [1.82, 2.24) is 0 Å². The van der Waals surface area contributed by atoms with Crippen LogP contribution in [0, 0.1) is 6.07 Å². The Balaban J connectivity index is 0.000000196. The Kier molecular flexibility index (Phi) is 17.3. The summed E-state index contributed by atoms with van der Waals surface area (Å²) in [5, 5.41) is 1.53. The van der Waals surface area contributed by atoms with Crippen molar-refractivity contribution in [3.05, 3.63) is 207 Å². The molecule has 0 spiro atoms. The minimum atomic E-state index is 0. The van der Waals surface area contributed by atoms with E-state index in [1.165, 1.54) is 113 Å². The van der Waals surface area contributed by atoms with Gasteiger partial charge in [0.15, 0.2) is 0 Å². The molecule has 0 fully saturated rings. The number of benzene rings is 6. The Morgan fingerprint density at radius 3 is 1.75 bits per heavy atom. The summed E-state index contributed by atoms with van der Waals surface area (Å²) in [6, 6.07) is 58.7. The van der Waals surface area contributed by atoms with Crippen molar-refractivity contribution in [2.45, 2.75) is 58.8 Å². The number of halogens is 4. The van der Waals surface area contributed by atoms with E-state index in [1.807, 2.05) is 48.5 Å². The van der Waals surface area contributed by atoms with Gasteiger partial charge in [-0.25, -0.2) is 6.07 Å². The van der Waals surface area contributed by atoms with Crippen molar-refractivity contribution in [2.24, 2.45) is 0 Å². The molecule has 0 N–H and O–H groups in total. The molecule has 1 aliphatic rings. The molecule has 5 heteroatoms. The first-order chi connectivity index (χ1) is 26.1. The van der Waals surface area contributed by atoms with Gasteiger partial charge in [0, 0.05) is 0 Å². The van der Waals surface area contributed by atoms with E-state index in [4.69, 9.17) is 23.2 Å². The Hall–Kier alpha value is -3.42. The van der Waals surface area contributed by atoms with Crippen molar-refractivity contribution in [1.29, 1.82) is 0 Å². The van der Waals surface area contributed by atoms with Gasteiger partial charge in [0.1, 0.15) is 0 Å². The molecule has 0 atom stereocenters. The number of aryl methyl sites for hydroxylation is 1. The van der Waals surface area contributed by atoms with Crippen LogP contribution in [0.2, 0.25) is 10.0 Å². The fourth-order valence-electron chi connectivity index (χ4n) is 6.62. The predicted octanol–water partition coefficient (Wildman–Crippen LogP) is 8.55. The molecule has 56 heavy (non-hydrogen) atoms. The SMILES string of the molecule is CCCCc1cc(C(C)(C)C)c[cH-]1.Clc1ccc([C](=[Zr+2])c2ccc(Cl)cc2)cc1.[Cl-].[Cl-].[c-]1c(-c2ccccc2)ccc2c1Cc1cc(-c3ccccc3)ccc1-2. The van der Waals surface area contributed by atoms with E-state index in [9.17, 15) is 0 Å². The molecule has 0 saturated heterocycles. The average Bonchev–Trinajstić information content (AvgIpc) is 3.83. The Morgan fingerprint density at radius 1 is 0.661 bits per heavy atom. The molecule has 284 valence electrons. The number of fused-ring (bicyclic) bond motifs is 3. The molecule has 0 bridgehead atoms. The van der Waals surface area contributed by atoms with Crippen LogP contribution in [0.15, 0.2) is 158 Å². The minimum Gasteiger partial charge on any atom is -1.00 e. The molecular weight excluding hydrogens is 846 g/mol. The molecule has 0 aromatic heterocycles. The summed E-state index contributed by atoms with van der Waals surface area (Å²) < 4.78 is 1.31. The van der Waals surface area contributed by atoms with E-state index in [-0.39, 0.29) is 24.8 Å². The molecule has 0 aliphatic heterocycles. The Morgan fingerprint density at radius 2 is 1.21 bits per heavy atom. The van der Waals surface area contributed by atoms with Gasteiger partial charge in [-0.2, -0.15) is 23.3 Å². The molecule has 0 nitrogen and oxygen atoms in total. The zero-order valence-corrected chi connectivity index (χ0v) is 37.8. The molecule has 1 aliphatic carbocycles. The smallest absolute Gasteiger partial charge is 0.0181 e. The van der Waals surface area contributed by atoms with E-state index < -0.39 is 0 Å². The third-order valence-corrected chi connectivity index (χ3v) is 11.7. The van der Waals surface area contributed by atoms with Crippen LogP contribution < -0.4 is 24.8 Å². The maximum Gasteiger partial charge on any atom is -0.0181 e. The molecule has 0 radical (unpaired) electrons. The third-order valence-electron chi connectivity index (χ3n) is 9.75. The predicted molar refractivity (Wildman–Crippen MR) is 230 cm³/mol. The Labute approximate surface area is 371 Å². The summed E-state index contributed by atoms with van der Waals surface area (Å²) in [7, 11) is 0. The van der Waals surface area contributed by atoms with Crippen molar-refractivity contribution < 1.29 is 49.0 Å². The third kappa shape index (κ3) is 12.1. The van der Waals surface area contributed by atoms with Crippen LogP contribution in [0.3, 0.4) is 0 Å². The molecule has 8 rings (SSSR count). The fourth-order valence-corrected chi connectivity index (χ4v) is 7.69. The quantitative estimate of drug-likeness (QED) is 0.141. The normalized spacial score (nSPS) is 11.0. The van der Waals surface area contributed by atoms with Crippen LogP contribution in [0.25, 0.3) is 33.4 Å². The van der Waals surface area contributed by atoms with E-state index in [1.54, 1.807) is 0 Å². The van der Waals surface area contributed by atoms with Crippen LogP contribution in [-0.4, -0.2) is 3.21 Å². The summed E-state index contributed by atoms with van der Waals surface area (Å²) in [4.78, 5) is 0. The van der Waals surface area contributed by atoms with E-state index in [0.29, 0.717) is 5.41 Å². The summed E-state index contributed by atoms with van der Waals surface area (Å²) in [5.74, 6) is 0. The first-order valence-electron chi connectivity index (χ1n) is 18.7. The van der Waals surface area contributed by atoms with E-state index in [0.717, 1.165) is 16.5 Å². The summed E-state index contributed by atoms with van der Waals surface area (Å²) in [6.07, 6.45) is 4.81. The van der Waals surface area contributed by atoms with Crippen molar-refractivity contribution in [3.8, 4) is 33.4 Å². The molecule has 0 amide bonds. The van der Waals surface area contributed by atoms with Gasteiger partial charge in [-0.1, -0.05) is 148 Å². The second-order valence-corrected chi connectivity index (χ2v) is 16.9. The van der Waals surface area contributed by atoms with Crippen LogP contribution in [0.4, 0.5) is 0 Å². The first-order valence-corrected chi connectivity index (χ1v) is 20.7. The van der Waals surface area contributed by atoms with Crippen LogP contribution >= 0.6 is 23.2 Å². The fraction of sp³-hybridized carbons (Fsp3) is 0.176.